The van der Waals surface area contributed by atoms with Crippen LogP contribution < -0.4 is 10.1 Å². The van der Waals surface area contributed by atoms with Gasteiger partial charge in [0.25, 0.3) is 0 Å². The second-order valence-corrected chi connectivity index (χ2v) is 4.87. The summed E-state index contributed by atoms with van der Waals surface area (Å²) in [6.07, 6.45) is 4.76. The summed E-state index contributed by atoms with van der Waals surface area (Å²) < 4.78 is 5.39. The number of anilines is 1. The van der Waals surface area contributed by atoms with Crippen molar-refractivity contribution in [2.24, 2.45) is 0 Å². The molecule has 1 heterocycles. The minimum absolute atomic E-state index is 0.696. The molecule has 1 radical (unpaired) electrons. The number of methoxy groups -OCH3 is 1. The summed E-state index contributed by atoms with van der Waals surface area (Å²) in [6, 6.07) is 20.1. The number of ether oxygens (including phenoxy) is 1. The Morgan fingerprint density at radius 3 is 2.64 bits per heavy atom. The molecule has 2 aromatic carbocycles. The van der Waals surface area contributed by atoms with E-state index in [0.29, 0.717) is 6.54 Å². The Morgan fingerprint density at radius 1 is 1.00 bits per heavy atom. The largest absolute Gasteiger partial charge is 0.496 e. The molecular weight excluding hydrogens is 272 g/mol. The molecule has 0 atom stereocenters. The zero-order chi connectivity index (χ0) is 15.2. The molecule has 3 nitrogen and oxygen atoms in total. The van der Waals surface area contributed by atoms with Crippen molar-refractivity contribution < 1.29 is 4.74 Å². The minimum Gasteiger partial charge on any atom is -0.496 e. The van der Waals surface area contributed by atoms with E-state index >= 15 is 0 Å². The van der Waals surface area contributed by atoms with E-state index in [1.165, 1.54) is 0 Å². The van der Waals surface area contributed by atoms with E-state index in [0.717, 1.165) is 28.1 Å². The Kier molecular flexibility index (Phi) is 4.35. The first-order chi connectivity index (χ1) is 10.9. The zero-order valence-corrected chi connectivity index (χ0v) is 12.4. The number of hydrogen-bond donors (Lipinski definition) is 1. The van der Waals surface area contributed by atoms with Gasteiger partial charge in [-0.25, -0.2) is 0 Å². The predicted octanol–water partition coefficient (Wildman–Crippen LogP) is 4.17. The number of hydrogen-bond acceptors (Lipinski definition) is 3. The van der Waals surface area contributed by atoms with Crippen molar-refractivity contribution in [2.45, 2.75) is 6.54 Å². The first kappa shape index (κ1) is 14.1. The standard InChI is InChI=1S/C19H17N2O/c1-22-19-11-5-2-7-16(19)14-21-18-10-4-3-9-17(18)15-8-6-12-20-13-15/h2-12,21H,14H2,1H3. The maximum atomic E-state index is 5.39. The number of nitrogens with zero attached hydrogens (tertiary/aromatic N) is 1. The van der Waals surface area contributed by atoms with Gasteiger partial charge < -0.3 is 10.1 Å². The molecule has 1 aromatic heterocycles. The molecular formula is C19H17N2O. The van der Waals surface area contributed by atoms with Gasteiger partial charge in [-0.1, -0.05) is 42.5 Å². The Bertz CT molecular complexity index is 741. The summed E-state index contributed by atoms with van der Waals surface area (Å²) in [5.74, 6) is 0.889. The fraction of sp³-hybridized carbons (Fsp3) is 0.105. The van der Waals surface area contributed by atoms with Gasteiger partial charge in [0.2, 0.25) is 0 Å². The first-order valence-corrected chi connectivity index (χ1v) is 7.16. The van der Waals surface area contributed by atoms with Crippen LogP contribution in [0.4, 0.5) is 5.69 Å². The van der Waals surface area contributed by atoms with Gasteiger partial charge in [-0.15, -0.1) is 0 Å². The molecule has 0 aliphatic carbocycles. The Balaban J connectivity index is 1.85. The van der Waals surface area contributed by atoms with Crippen molar-refractivity contribution in [3.8, 4) is 16.9 Å². The molecule has 0 fully saturated rings. The fourth-order valence-electron chi connectivity index (χ4n) is 2.39. The third kappa shape index (κ3) is 3.09. The van der Waals surface area contributed by atoms with Gasteiger partial charge >= 0.3 is 0 Å². The summed E-state index contributed by atoms with van der Waals surface area (Å²) in [5, 5.41) is 3.47. The normalized spacial score (nSPS) is 10.2. The molecule has 0 bridgehead atoms. The van der Waals surface area contributed by atoms with Crippen LogP contribution in [0.1, 0.15) is 5.56 Å². The number of benzene rings is 2. The molecule has 0 amide bonds. The number of pyridine rings is 1. The number of nitrogens with one attached hydrogen (secondary N) is 1. The highest BCUT2D eigenvalue weighted by Gasteiger charge is 2.06. The highest BCUT2D eigenvalue weighted by molar-refractivity contribution is 5.77. The van der Waals surface area contributed by atoms with Gasteiger partial charge in [0.05, 0.1) is 13.3 Å². The van der Waals surface area contributed by atoms with E-state index in [9.17, 15) is 0 Å². The number of aromatic nitrogens is 1. The molecule has 0 saturated heterocycles. The zero-order valence-electron chi connectivity index (χ0n) is 12.4. The Hall–Kier alpha value is -2.81. The Labute approximate surface area is 130 Å². The van der Waals surface area contributed by atoms with E-state index in [1.54, 1.807) is 13.3 Å². The van der Waals surface area contributed by atoms with Gasteiger partial charge in [-0.05, 0) is 18.2 Å². The second-order valence-electron chi connectivity index (χ2n) is 4.87. The molecule has 109 valence electrons. The molecule has 3 aromatic rings. The minimum atomic E-state index is 0.696. The van der Waals surface area contributed by atoms with Crippen molar-refractivity contribution >= 4 is 5.69 Å². The van der Waals surface area contributed by atoms with Crippen molar-refractivity contribution in [3.05, 3.63) is 78.6 Å². The predicted molar refractivity (Wildman–Crippen MR) is 88.8 cm³/mol. The van der Waals surface area contributed by atoms with Crippen LogP contribution >= 0.6 is 0 Å². The lowest BCUT2D eigenvalue weighted by Crippen LogP contribution is -2.02. The van der Waals surface area contributed by atoms with Crippen LogP contribution in [-0.2, 0) is 6.54 Å². The maximum Gasteiger partial charge on any atom is 0.123 e. The molecule has 3 rings (SSSR count). The average molecular weight is 289 g/mol. The van der Waals surface area contributed by atoms with E-state index in [1.807, 2.05) is 42.5 Å². The van der Waals surface area contributed by atoms with Crippen LogP contribution in [0.3, 0.4) is 0 Å². The summed E-state index contributed by atoms with van der Waals surface area (Å²) in [5.41, 5.74) is 4.24. The number of rotatable bonds is 5. The van der Waals surface area contributed by atoms with Crippen LogP contribution in [0.25, 0.3) is 11.1 Å². The van der Waals surface area contributed by atoms with E-state index < -0.39 is 0 Å². The monoisotopic (exact) mass is 289 g/mol. The molecule has 0 spiro atoms. The molecule has 0 saturated carbocycles. The molecule has 1 N–H and O–H groups in total. The molecule has 22 heavy (non-hydrogen) atoms. The Morgan fingerprint density at radius 2 is 1.82 bits per heavy atom. The summed E-state index contributed by atoms with van der Waals surface area (Å²) in [7, 11) is 1.69. The lowest BCUT2D eigenvalue weighted by Gasteiger charge is -2.13. The van der Waals surface area contributed by atoms with Crippen LogP contribution in [0, 0.1) is 6.20 Å². The van der Waals surface area contributed by atoms with Crippen LogP contribution in [0.15, 0.2) is 66.9 Å². The van der Waals surface area contributed by atoms with Crippen molar-refractivity contribution in [1.82, 2.24) is 4.98 Å². The van der Waals surface area contributed by atoms with Crippen molar-refractivity contribution in [2.75, 3.05) is 12.4 Å². The molecule has 0 aliphatic rings. The third-order valence-electron chi connectivity index (χ3n) is 3.49. The van der Waals surface area contributed by atoms with Crippen molar-refractivity contribution in [3.63, 3.8) is 0 Å². The van der Waals surface area contributed by atoms with Gasteiger partial charge in [-0.2, -0.15) is 0 Å². The highest BCUT2D eigenvalue weighted by Crippen LogP contribution is 2.28. The maximum absolute atomic E-state index is 5.39. The number of para-hydroxylation sites is 2. The van der Waals surface area contributed by atoms with Gasteiger partial charge in [0, 0.05) is 35.1 Å². The van der Waals surface area contributed by atoms with Gasteiger partial charge in [0.15, 0.2) is 0 Å². The van der Waals surface area contributed by atoms with E-state index in [4.69, 9.17) is 4.74 Å². The van der Waals surface area contributed by atoms with Crippen molar-refractivity contribution in [1.29, 1.82) is 0 Å². The summed E-state index contributed by atoms with van der Waals surface area (Å²) in [4.78, 5) is 4.08. The average Bonchev–Trinajstić information content (AvgIpc) is 2.61. The van der Waals surface area contributed by atoms with Crippen LogP contribution in [0.5, 0.6) is 5.75 Å². The lowest BCUT2D eigenvalue weighted by atomic mass is 10.1. The first-order valence-electron chi connectivity index (χ1n) is 7.16. The quantitative estimate of drug-likeness (QED) is 0.765. The SMILES string of the molecule is COc1ccccc1CNc1ccccc1-c1[c]nccc1. The van der Waals surface area contributed by atoms with E-state index in [-0.39, 0.29) is 0 Å². The van der Waals surface area contributed by atoms with E-state index in [2.05, 4.69) is 34.7 Å². The molecule has 0 unspecified atom stereocenters. The van der Waals surface area contributed by atoms with Gasteiger partial charge in [-0.3, -0.25) is 4.98 Å². The molecule has 0 aliphatic heterocycles. The summed E-state index contributed by atoms with van der Waals surface area (Å²) in [6.45, 7) is 0.696. The highest BCUT2D eigenvalue weighted by atomic mass is 16.5. The summed E-state index contributed by atoms with van der Waals surface area (Å²) >= 11 is 0. The molecule has 3 heteroatoms. The second kappa shape index (κ2) is 6.76. The van der Waals surface area contributed by atoms with Crippen LogP contribution in [-0.4, -0.2) is 12.1 Å². The van der Waals surface area contributed by atoms with Gasteiger partial charge in [0.1, 0.15) is 5.75 Å². The third-order valence-corrected chi connectivity index (χ3v) is 3.49. The smallest absolute Gasteiger partial charge is 0.123 e. The van der Waals surface area contributed by atoms with Crippen LogP contribution in [0.2, 0.25) is 0 Å². The topological polar surface area (TPSA) is 34.1 Å². The lowest BCUT2D eigenvalue weighted by molar-refractivity contribution is 0.410. The fourth-order valence-corrected chi connectivity index (χ4v) is 2.39.